The van der Waals surface area contributed by atoms with Crippen LogP contribution in [-0.2, 0) is 13.2 Å². The molecule has 1 heterocycles. The number of hydrogen-bond acceptors (Lipinski definition) is 8. The van der Waals surface area contributed by atoms with Crippen molar-refractivity contribution in [1.29, 1.82) is 0 Å². The van der Waals surface area contributed by atoms with Crippen LogP contribution < -0.4 is 16.6 Å². The maximum absolute atomic E-state index is 12.3. The van der Waals surface area contributed by atoms with Crippen LogP contribution in [0.25, 0.3) is 0 Å². The van der Waals surface area contributed by atoms with Crippen molar-refractivity contribution in [3.8, 4) is 0 Å². The van der Waals surface area contributed by atoms with Crippen LogP contribution in [-0.4, -0.2) is 20.2 Å². The number of H-pyrrole nitrogens is 1. The Morgan fingerprint density at radius 1 is 1.04 bits per heavy atom. The van der Waals surface area contributed by atoms with E-state index in [1.54, 1.807) is 42.5 Å². The minimum Gasteiger partial charge on any atom is -0.392 e. The third-order valence-electron chi connectivity index (χ3n) is 3.62. The number of anilines is 3. The van der Waals surface area contributed by atoms with Gasteiger partial charge in [-0.15, -0.1) is 5.11 Å². The number of aliphatic hydroxyl groups is 2. The Balaban J connectivity index is 2.00. The average molecular weight is 366 g/mol. The second kappa shape index (κ2) is 8.21. The van der Waals surface area contributed by atoms with Gasteiger partial charge in [-0.3, -0.25) is 9.78 Å². The Bertz CT molecular complexity index is 995. The van der Waals surface area contributed by atoms with Gasteiger partial charge in [0, 0.05) is 5.69 Å². The van der Waals surface area contributed by atoms with Crippen LogP contribution in [0.5, 0.6) is 0 Å². The number of nitrogens with zero attached hydrogens (tertiary/aromatic N) is 3. The van der Waals surface area contributed by atoms with Crippen molar-refractivity contribution in [2.24, 2.45) is 10.2 Å². The molecule has 0 fully saturated rings. The third kappa shape index (κ3) is 4.54. The highest BCUT2D eigenvalue weighted by Gasteiger charge is 2.12. The second-order valence-corrected chi connectivity index (χ2v) is 5.66. The van der Waals surface area contributed by atoms with Gasteiger partial charge in [-0.2, -0.15) is 10.1 Å². The van der Waals surface area contributed by atoms with Crippen LogP contribution in [0.1, 0.15) is 11.1 Å². The fourth-order valence-electron chi connectivity index (χ4n) is 2.42. The smallest absolute Gasteiger partial charge is 0.282 e. The molecule has 27 heavy (non-hydrogen) atoms. The SMILES string of the molecule is Nc1nc(Nc2cc(CO)cc(CO)c2)c(N=Nc2ccccc2)c(=O)[nH]1. The molecule has 0 bridgehead atoms. The van der Waals surface area contributed by atoms with Crippen LogP contribution in [0, 0.1) is 0 Å². The number of aromatic amines is 1. The first-order chi connectivity index (χ1) is 13.1. The Hall–Kier alpha value is -3.56. The third-order valence-corrected chi connectivity index (χ3v) is 3.62. The van der Waals surface area contributed by atoms with Gasteiger partial charge in [0.1, 0.15) is 0 Å². The molecule has 0 radical (unpaired) electrons. The average Bonchev–Trinajstić information content (AvgIpc) is 2.67. The van der Waals surface area contributed by atoms with Crippen LogP contribution in [0.3, 0.4) is 0 Å². The van der Waals surface area contributed by atoms with Crippen molar-refractivity contribution >= 4 is 28.8 Å². The molecule has 0 amide bonds. The molecule has 0 aliphatic rings. The first kappa shape index (κ1) is 18.2. The van der Waals surface area contributed by atoms with Gasteiger partial charge < -0.3 is 21.3 Å². The molecule has 0 spiro atoms. The summed E-state index contributed by atoms with van der Waals surface area (Å²) in [6.45, 7) is -0.401. The van der Waals surface area contributed by atoms with Gasteiger partial charge >= 0.3 is 0 Å². The molecule has 1 aromatic heterocycles. The predicted molar refractivity (Wildman–Crippen MR) is 101 cm³/mol. The number of nitrogens with two attached hydrogens (primary N) is 1. The molecular weight excluding hydrogens is 348 g/mol. The maximum atomic E-state index is 12.3. The van der Waals surface area contributed by atoms with Gasteiger partial charge in [0.25, 0.3) is 5.56 Å². The summed E-state index contributed by atoms with van der Waals surface area (Å²) >= 11 is 0. The minimum absolute atomic E-state index is 0.0481. The quantitative estimate of drug-likeness (QED) is 0.423. The van der Waals surface area contributed by atoms with Gasteiger partial charge in [0.15, 0.2) is 11.5 Å². The molecule has 0 aliphatic carbocycles. The van der Waals surface area contributed by atoms with Gasteiger partial charge in [-0.05, 0) is 35.4 Å². The molecule has 0 unspecified atom stereocenters. The fraction of sp³-hybridized carbons (Fsp3) is 0.111. The Morgan fingerprint density at radius 2 is 1.70 bits per heavy atom. The monoisotopic (exact) mass is 366 g/mol. The van der Waals surface area contributed by atoms with Crippen molar-refractivity contribution in [2.45, 2.75) is 13.2 Å². The standard InChI is InChI=1S/C18H18N6O3/c19-18-21-16(20-14-7-11(9-25)6-12(8-14)10-26)15(17(27)22-18)24-23-13-4-2-1-3-5-13/h1-8,25-26H,9-10H2,(H4,19,20,21,22,27). The molecule has 3 aromatic rings. The Morgan fingerprint density at radius 3 is 2.33 bits per heavy atom. The van der Waals surface area contributed by atoms with Crippen molar-refractivity contribution < 1.29 is 10.2 Å². The lowest BCUT2D eigenvalue weighted by atomic mass is 10.1. The molecule has 0 atom stereocenters. The van der Waals surface area contributed by atoms with Gasteiger partial charge in [-0.1, -0.05) is 24.3 Å². The molecule has 0 saturated carbocycles. The van der Waals surface area contributed by atoms with Crippen LogP contribution in [0.4, 0.5) is 28.8 Å². The number of rotatable bonds is 6. The van der Waals surface area contributed by atoms with Crippen molar-refractivity contribution in [2.75, 3.05) is 11.1 Å². The minimum atomic E-state index is -0.551. The number of benzene rings is 2. The molecule has 9 nitrogen and oxygen atoms in total. The first-order valence-electron chi connectivity index (χ1n) is 8.07. The van der Waals surface area contributed by atoms with Crippen LogP contribution in [0.15, 0.2) is 63.6 Å². The van der Waals surface area contributed by atoms with E-state index in [9.17, 15) is 15.0 Å². The van der Waals surface area contributed by atoms with E-state index < -0.39 is 5.56 Å². The van der Waals surface area contributed by atoms with Gasteiger partial charge in [-0.25, -0.2) is 0 Å². The van der Waals surface area contributed by atoms with Crippen molar-refractivity contribution in [3.05, 3.63) is 70.0 Å². The first-order valence-corrected chi connectivity index (χ1v) is 8.07. The molecule has 0 saturated heterocycles. The predicted octanol–water partition coefficient (Wildman–Crippen LogP) is 2.50. The summed E-state index contributed by atoms with van der Waals surface area (Å²) in [6, 6.07) is 13.9. The lowest BCUT2D eigenvalue weighted by molar-refractivity contribution is 0.275. The maximum Gasteiger partial charge on any atom is 0.282 e. The fourth-order valence-corrected chi connectivity index (χ4v) is 2.42. The lowest BCUT2D eigenvalue weighted by Gasteiger charge is -2.11. The van der Waals surface area contributed by atoms with E-state index in [0.717, 1.165) is 0 Å². The summed E-state index contributed by atoms with van der Waals surface area (Å²) in [5.41, 5.74) is 7.31. The zero-order valence-corrected chi connectivity index (χ0v) is 14.3. The highest BCUT2D eigenvalue weighted by atomic mass is 16.3. The van der Waals surface area contributed by atoms with Gasteiger partial charge in [0.2, 0.25) is 5.95 Å². The molecular formula is C18H18N6O3. The largest absolute Gasteiger partial charge is 0.392 e. The number of hydrogen-bond donors (Lipinski definition) is 5. The van der Waals surface area contributed by atoms with E-state index in [1.807, 2.05) is 6.07 Å². The van der Waals surface area contributed by atoms with Crippen LogP contribution in [0.2, 0.25) is 0 Å². The summed E-state index contributed by atoms with van der Waals surface area (Å²) in [5, 5.41) is 29.7. The van der Waals surface area contributed by atoms with Gasteiger partial charge in [0.05, 0.1) is 18.9 Å². The van der Waals surface area contributed by atoms with E-state index in [4.69, 9.17) is 5.73 Å². The number of nitrogen functional groups attached to an aromatic ring is 1. The molecule has 9 heteroatoms. The van der Waals surface area contributed by atoms with Crippen molar-refractivity contribution in [3.63, 3.8) is 0 Å². The molecule has 6 N–H and O–H groups in total. The van der Waals surface area contributed by atoms with Crippen LogP contribution >= 0.6 is 0 Å². The normalized spacial score (nSPS) is 11.0. The topological polar surface area (TPSA) is 149 Å². The molecule has 3 rings (SSSR count). The second-order valence-electron chi connectivity index (χ2n) is 5.66. The Kier molecular flexibility index (Phi) is 5.55. The molecule has 0 aliphatic heterocycles. The van der Waals surface area contributed by atoms with Crippen molar-refractivity contribution in [1.82, 2.24) is 9.97 Å². The summed E-state index contributed by atoms with van der Waals surface area (Å²) in [7, 11) is 0. The zero-order chi connectivity index (χ0) is 19.2. The Labute approximate surface area is 154 Å². The highest BCUT2D eigenvalue weighted by Crippen LogP contribution is 2.26. The molecule has 2 aromatic carbocycles. The van der Waals surface area contributed by atoms with E-state index in [0.29, 0.717) is 22.5 Å². The van der Waals surface area contributed by atoms with E-state index in [-0.39, 0.29) is 30.7 Å². The number of aliphatic hydroxyl groups excluding tert-OH is 2. The molecule has 138 valence electrons. The number of nitrogens with one attached hydrogen (secondary N) is 2. The highest BCUT2D eigenvalue weighted by molar-refractivity contribution is 5.69. The number of aromatic nitrogens is 2. The summed E-state index contributed by atoms with van der Waals surface area (Å²) in [6.07, 6.45) is 0. The van der Waals surface area contributed by atoms with E-state index in [2.05, 4.69) is 25.5 Å². The summed E-state index contributed by atoms with van der Waals surface area (Å²) in [4.78, 5) is 18.7. The lowest BCUT2D eigenvalue weighted by Crippen LogP contribution is -2.13. The van der Waals surface area contributed by atoms with E-state index >= 15 is 0 Å². The summed E-state index contributed by atoms with van der Waals surface area (Å²) in [5.74, 6) is 0.0248. The zero-order valence-electron chi connectivity index (χ0n) is 14.3. The number of azo groups is 1. The summed E-state index contributed by atoms with van der Waals surface area (Å²) < 4.78 is 0. The van der Waals surface area contributed by atoms with E-state index in [1.165, 1.54) is 0 Å².